The SMILES string of the molecule is CCCNc1cccc(C(=O)Nc2ccc(F)cc2Br)n1. The molecule has 0 spiro atoms. The van der Waals surface area contributed by atoms with Gasteiger partial charge in [-0.1, -0.05) is 13.0 Å². The quantitative estimate of drug-likeness (QED) is 0.853. The molecular weight excluding hydrogens is 337 g/mol. The highest BCUT2D eigenvalue weighted by atomic mass is 79.9. The molecule has 2 rings (SSSR count). The van der Waals surface area contributed by atoms with Crippen molar-refractivity contribution in [2.45, 2.75) is 13.3 Å². The first-order valence-corrected chi connectivity index (χ1v) is 7.37. The Morgan fingerprint density at radius 1 is 1.33 bits per heavy atom. The number of anilines is 2. The molecule has 2 aromatic rings. The van der Waals surface area contributed by atoms with Crippen LogP contribution in [0.15, 0.2) is 40.9 Å². The summed E-state index contributed by atoms with van der Waals surface area (Å²) in [6, 6.07) is 9.27. The zero-order chi connectivity index (χ0) is 15.2. The molecule has 0 radical (unpaired) electrons. The van der Waals surface area contributed by atoms with E-state index in [-0.39, 0.29) is 11.7 Å². The maximum Gasteiger partial charge on any atom is 0.274 e. The normalized spacial score (nSPS) is 10.2. The number of carbonyl (C=O) groups excluding carboxylic acids is 1. The molecule has 0 bridgehead atoms. The molecule has 6 heteroatoms. The Bertz CT molecular complexity index is 649. The van der Waals surface area contributed by atoms with Gasteiger partial charge in [-0.2, -0.15) is 0 Å². The first-order valence-electron chi connectivity index (χ1n) is 6.57. The van der Waals surface area contributed by atoms with E-state index in [2.05, 4.69) is 38.5 Å². The molecule has 0 unspecified atom stereocenters. The van der Waals surface area contributed by atoms with Gasteiger partial charge in [0.1, 0.15) is 17.3 Å². The van der Waals surface area contributed by atoms with E-state index in [1.807, 2.05) is 0 Å². The number of benzene rings is 1. The van der Waals surface area contributed by atoms with E-state index in [9.17, 15) is 9.18 Å². The molecule has 0 aliphatic carbocycles. The highest BCUT2D eigenvalue weighted by molar-refractivity contribution is 9.10. The first kappa shape index (κ1) is 15.4. The molecular formula is C15H15BrFN3O. The number of amides is 1. The van der Waals surface area contributed by atoms with E-state index < -0.39 is 0 Å². The minimum Gasteiger partial charge on any atom is -0.370 e. The summed E-state index contributed by atoms with van der Waals surface area (Å²) >= 11 is 3.21. The summed E-state index contributed by atoms with van der Waals surface area (Å²) in [4.78, 5) is 16.4. The van der Waals surface area contributed by atoms with Crippen molar-refractivity contribution in [3.8, 4) is 0 Å². The lowest BCUT2D eigenvalue weighted by Gasteiger charge is -2.09. The number of nitrogens with zero attached hydrogens (tertiary/aromatic N) is 1. The largest absolute Gasteiger partial charge is 0.370 e. The summed E-state index contributed by atoms with van der Waals surface area (Å²) in [5.74, 6) is -0.0612. The monoisotopic (exact) mass is 351 g/mol. The Labute approximate surface area is 130 Å². The molecule has 0 aliphatic rings. The van der Waals surface area contributed by atoms with Crippen LogP contribution in [0.5, 0.6) is 0 Å². The van der Waals surface area contributed by atoms with Gasteiger partial charge in [-0.3, -0.25) is 4.79 Å². The van der Waals surface area contributed by atoms with Crippen molar-refractivity contribution in [1.29, 1.82) is 0 Å². The van der Waals surface area contributed by atoms with Crippen LogP contribution in [0.2, 0.25) is 0 Å². The minimum atomic E-state index is -0.372. The maximum absolute atomic E-state index is 13.0. The van der Waals surface area contributed by atoms with Gasteiger partial charge in [0, 0.05) is 11.0 Å². The number of hydrogen-bond acceptors (Lipinski definition) is 3. The van der Waals surface area contributed by atoms with Gasteiger partial charge in [-0.15, -0.1) is 0 Å². The van der Waals surface area contributed by atoms with Crippen LogP contribution in [-0.4, -0.2) is 17.4 Å². The highest BCUT2D eigenvalue weighted by Gasteiger charge is 2.10. The fourth-order valence-electron chi connectivity index (χ4n) is 1.69. The van der Waals surface area contributed by atoms with Crippen molar-refractivity contribution in [3.63, 3.8) is 0 Å². The van der Waals surface area contributed by atoms with E-state index >= 15 is 0 Å². The fourth-order valence-corrected chi connectivity index (χ4v) is 2.14. The Hall–Kier alpha value is -1.95. The van der Waals surface area contributed by atoms with E-state index in [1.165, 1.54) is 18.2 Å². The van der Waals surface area contributed by atoms with Gasteiger partial charge < -0.3 is 10.6 Å². The van der Waals surface area contributed by atoms with Crippen molar-refractivity contribution in [2.75, 3.05) is 17.2 Å². The molecule has 0 saturated carbocycles. The molecule has 1 aromatic carbocycles. The van der Waals surface area contributed by atoms with Crippen LogP contribution < -0.4 is 10.6 Å². The average molecular weight is 352 g/mol. The van der Waals surface area contributed by atoms with Crippen LogP contribution in [0.1, 0.15) is 23.8 Å². The Morgan fingerprint density at radius 2 is 2.14 bits per heavy atom. The van der Waals surface area contributed by atoms with Crippen LogP contribution in [-0.2, 0) is 0 Å². The van der Waals surface area contributed by atoms with Gasteiger partial charge in [0.25, 0.3) is 5.91 Å². The lowest BCUT2D eigenvalue weighted by molar-refractivity contribution is 0.102. The van der Waals surface area contributed by atoms with E-state index in [0.29, 0.717) is 21.7 Å². The third-order valence-electron chi connectivity index (χ3n) is 2.72. The third kappa shape index (κ3) is 4.26. The van der Waals surface area contributed by atoms with Crippen molar-refractivity contribution in [1.82, 2.24) is 4.98 Å². The number of halogens is 2. The van der Waals surface area contributed by atoms with Crippen LogP contribution in [0.3, 0.4) is 0 Å². The summed E-state index contributed by atoms with van der Waals surface area (Å²) in [5.41, 5.74) is 0.794. The second kappa shape index (κ2) is 7.17. The van der Waals surface area contributed by atoms with Gasteiger partial charge in [0.15, 0.2) is 0 Å². The molecule has 110 valence electrons. The molecule has 0 atom stereocenters. The molecule has 1 aromatic heterocycles. The summed E-state index contributed by atoms with van der Waals surface area (Å²) in [7, 11) is 0. The predicted octanol–water partition coefficient (Wildman–Crippen LogP) is 4.06. The zero-order valence-corrected chi connectivity index (χ0v) is 13.1. The minimum absolute atomic E-state index is 0.298. The number of rotatable bonds is 5. The van der Waals surface area contributed by atoms with Gasteiger partial charge >= 0.3 is 0 Å². The standard InChI is InChI=1S/C15H15BrFN3O/c1-2-8-18-14-5-3-4-13(19-14)15(21)20-12-7-6-10(17)9-11(12)16/h3-7,9H,2,8H2,1H3,(H,18,19)(H,20,21). The fraction of sp³-hybridized carbons (Fsp3) is 0.200. The summed E-state index contributed by atoms with van der Waals surface area (Å²) in [6.07, 6.45) is 0.973. The van der Waals surface area contributed by atoms with E-state index in [0.717, 1.165) is 13.0 Å². The lowest BCUT2D eigenvalue weighted by atomic mass is 10.3. The first-order chi connectivity index (χ1) is 10.1. The number of pyridine rings is 1. The van der Waals surface area contributed by atoms with Gasteiger partial charge in [-0.25, -0.2) is 9.37 Å². The summed E-state index contributed by atoms with van der Waals surface area (Å²) in [5, 5.41) is 5.82. The third-order valence-corrected chi connectivity index (χ3v) is 3.37. The van der Waals surface area contributed by atoms with Crippen LogP contribution in [0, 0.1) is 5.82 Å². The van der Waals surface area contributed by atoms with Crippen molar-refractivity contribution in [3.05, 3.63) is 52.4 Å². The molecule has 0 saturated heterocycles. The molecule has 2 N–H and O–H groups in total. The molecule has 1 heterocycles. The Balaban J connectivity index is 2.12. The van der Waals surface area contributed by atoms with Crippen LogP contribution in [0.25, 0.3) is 0 Å². The Kier molecular flexibility index (Phi) is 5.27. The number of carbonyl (C=O) groups is 1. The van der Waals surface area contributed by atoms with E-state index in [4.69, 9.17) is 0 Å². The van der Waals surface area contributed by atoms with Gasteiger partial charge in [0.2, 0.25) is 0 Å². The second-order valence-electron chi connectivity index (χ2n) is 4.41. The molecule has 1 amide bonds. The van der Waals surface area contributed by atoms with Crippen LogP contribution >= 0.6 is 15.9 Å². The topological polar surface area (TPSA) is 54.0 Å². The smallest absolute Gasteiger partial charge is 0.274 e. The van der Waals surface area contributed by atoms with Gasteiger partial charge in [-0.05, 0) is 52.7 Å². The molecule has 21 heavy (non-hydrogen) atoms. The molecule has 4 nitrogen and oxygen atoms in total. The molecule has 0 fully saturated rings. The number of aromatic nitrogens is 1. The van der Waals surface area contributed by atoms with E-state index in [1.54, 1.807) is 18.2 Å². The maximum atomic E-state index is 13.0. The number of hydrogen-bond donors (Lipinski definition) is 2. The van der Waals surface area contributed by atoms with Crippen molar-refractivity contribution in [2.24, 2.45) is 0 Å². The van der Waals surface area contributed by atoms with Crippen molar-refractivity contribution >= 4 is 33.3 Å². The summed E-state index contributed by atoms with van der Waals surface area (Å²) < 4.78 is 13.5. The Morgan fingerprint density at radius 3 is 2.86 bits per heavy atom. The molecule has 0 aliphatic heterocycles. The predicted molar refractivity (Wildman–Crippen MR) is 85.1 cm³/mol. The lowest BCUT2D eigenvalue weighted by Crippen LogP contribution is -2.15. The van der Waals surface area contributed by atoms with Crippen LogP contribution in [0.4, 0.5) is 15.9 Å². The second-order valence-corrected chi connectivity index (χ2v) is 5.27. The van der Waals surface area contributed by atoms with Crippen molar-refractivity contribution < 1.29 is 9.18 Å². The zero-order valence-electron chi connectivity index (χ0n) is 11.5. The van der Waals surface area contributed by atoms with Gasteiger partial charge in [0.05, 0.1) is 5.69 Å². The number of nitrogens with one attached hydrogen (secondary N) is 2. The summed E-state index contributed by atoms with van der Waals surface area (Å²) in [6.45, 7) is 2.84. The average Bonchev–Trinajstić information content (AvgIpc) is 2.48. The highest BCUT2D eigenvalue weighted by Crippen LogP contribution is 2.23.